The normalized spacial score (nSPS) is 16.0. The zero-order valence-corrected chi connectivity index (χ0v) is 12.4. The summed E-state index contributed by atoms with van der Waals surface area (Å²) in [6.45, 7) is 4.58. The molecular weight excluding hydrogens is 278 g/mol. The lowest BCUT2D eigenvalue weighted by Crippen LogP contribution is -2.36. The summed E-state index contributed by atoms with van der Waals surface area (Å²) in [4.78, 5) is 15.0. The third kappa shape index (κ3) is 4.34. The Hall–Kier alpha value is -2.31. The molecule has 3 rings (SSSR count). The van der Waals surface area contributed by atoms with Crippen LogP contribution in [-0.4, -0.2) is 52.7 Å². The van der Waals surface area contributed by atoms with Gasteiger partial charge in [0.2, 0.25) is 5.95 Å². The van der Waals surface area contributed by atoms with Crippen molar-refractivity contribution in [2.45, 2.75) is 0 Å². The van der Waals surface area contributed by atoms with Gasteiger partial charge in [0.1, 0.15) is 0 Å². The van der Waals surface area contributed by atoms with E-state index in [1.807, 2.05) is 18.2 Å². The number of hydrogen-bond acceptors (Lipinski definition) is 6. The Kier molecular flexibility index (Phi) is 5.07. The van der Waals surface area contributed by atoms with Crippen LogP contribution in [0.5, 0.6) is 0 Å². The number of nitrogens with zero attached hydrogens (tertiary/aromatic N) is 4. The zero-order valence-electron chi connectivity index (χ0n) is 12.4. The lowest BCUT2D eigenvalue weighted by Gasteiger charge is -2.25. The van der Waals surface area contributed by atoms with Crippen LogP contribution in [0.3, 0.4) is 0 Å². The first-order chi connectivity index (χ1) is 10.9. The van der Waals surface area contributed by atoms with Crippen molar-refractivity contribution in [3.63, 3.8) is 0 Å². The summed E-state index contributed by atoms with van der Waals surface area (Å²) in [6, 6.07) is 5.73. The number of aromatic nitrogens is 3. The highest BCUT2D eigenvalue weighted by atomic mass is 16.5. The summed E-state index contributed by atoms with van der Waals surface area (Å²) < 4.78 is 5.33. The predicted molar refractivity (Wildman–Crippen MR) is 85.8 cm³/mol. The molecule has 3 heterocycles. The Bertz CT molecular complexity index is 594. The molecule has 0 amide bonds. The molecule has 2 aromatic rings. The summed E-state index contributed by atoms with van der Waals surface area (Å²) in [6.07, 6.45) is 9.36. The molecule has 0 saturated carbocycles. The van der Waals surface area contributed by atoms with Crippen molar-refractivity contribution in [2.75, 3.05) is 38.2 Å². The van der Waals surface area contributed by atoms with Crippen molar-refractivity contribution in [1.82, 2.24) is 19.9 Å². The van der Waals surface area contributed by atoms with E-state index >= 15 is 0 Å². The van der Waals surface area contributed by atoms with Crippen LogP contribution in [-0.2, 0) is 4.74 Å². The molecule has 1 N–H and O–H groups in total. The first kappa shape index (κ1) is 14.6. The molecule has 0 spiro atoms. The van der Waals surface area contributed by atoms with Gasteiger partial charge in [-0.1, -0.05) is 6.08 Å². The number of anilines is 2. The monoisotopic (exact) mass is 297 g/mol. The lowest BCUT2D eigenvalue weighted by atomic mass is 10.3. The highest BCUT2D eigenvalue weighted by Gasteiger charge is 2.07. The molecule has 1 aliphatic rings. The van der Waals surface area contributed by atoms with Crippen molar-refractivity contribution in [3.8, 4) is 0 Å². The molecule has 6 nitrogen and oxygen atoms in total. The summed E-state index contributed by atoms with van der Waals surface area (Å²) in [7, 11) is 0. The lowest BCUT2D eigenvalue weighted by molar-refractivity contribution is 0.0435. The fraction of sp³-hybridized carbons (Fsp3) is 0.312. The second-order valence-corrected chi connectivity index (χ2v) is 4.98. The van der Waals surface area contributed by atoms with E-state index in [-0.39, 0.29) is 0 Å². The Morgan fingerprint density at radius 2 is 1.95 bits per heavy atom. The molecule has 0 aromatic carbocycles. The van der Waals surface area contributed by atoms with Gasteiger partial charge < -0.3 is 10.1 Å². The maximum Gasteiger partial charge on any atom is 0.227 e. The van der Waals surface area contributed by atoms with Crippen LogP contribution in [0.1, 0.15) is 5.69 Å². The highest BCUT2D eigenvalue weighted by molar-refractivity contribution is 5.54. The SMILES string of the molecule is C(=C\c1ccc(Nc2ncccn2)cn1)/CN1CCOCC1. The van der Waals surface area contributed by atoms with Gasteiger partial charge in [-0.05, 0) is 24.3 Å². The Morgan fingerprint density at radius 1 is 1.14 bits per heavy atom. The van der Waals surface area contributed by atoms with Crippen molar-refractivity contribution < 1.29 is 4.74 Å². The molecule has 1 saturated heterocycles. The molecule has 0 bridgehead atoms. The summed E-state index contributed by atoms with van der Waals surface area (Å²) >= 11 is 0. The average molecular weight is 297 g/mol. The van der Waals surface area contributed by atoms with Crippen molar-refractivity contribution >= 4 is 17.7 Å². The number of nitrogens with one attached hydrogen (secondary N) is 1. The van der Waals surface area contributed by atoms with Gasteiger partial charge in [0.05, 0.1) is 30.8 Å². The smallest absolute Gasteiger partial charge is 0.227 e. The molecule has 1 aliphatic heterocycles. The van der Waals surface area contributed by atoms with E-state index in [9.17, 15) is 0 Å². The maximum absolute atomic E-state index is 5.33. The van der Waals surface area contributed by atoms with Crippen LogP contribution in [0.4, 0.5) is 11.6 Å². The number of pyridine rings is 1. The molecule has 0 atom stereocenters. The van der Waals surface area contributed by atoms with E-state index in [1.54, 1.807) is 24.7 Å². The molecule has 2 aromatic heterocycles. The Balaban J connectivity index is 1.52. The zero-order chi connectivity index (χ0) is 15.0. The number of rotatable bonds is 5. The second kappa shape index (κ2) is 7.63. The number of hydrogen-bond donors (Lipinski definition) is 1. The van der Waals surface area contributed by atoms with E-state index in [0.717, 1.165) is 44.2 Å². The Labute approximate surface area is 129 Å². The van der Waals surface area contributed by atoms with Crippen LogP contribution in [0.15, 0.2) is 42.9 Å². The first-order valence-corrected chi connectivity index (χ1v) is 7.37. The van der Waals surface area contributed by atoms with Crippen LogP contribution >= 0.6 is 0 Å². The van der Waals surface area contributed by atoms with Gasteiger partial charge in [-0.3, -0.25) is 9.88 Å². The van der Waals surface area contributed by atoms with Crippen LogP contribution in [0.25, 0.3) is 6.08 Å². The maximum atomic E-state index is 5.33. The third-order valence-electron chi connectivity index (χ3n) is 3.36. The molecule has 1 fully saturated rings. The molecule has 0 unspecified atom stereocenters. The minimum Gasteiger partial charge on any atom is -0.379 e. The van der Waals surface area contributed by atoms with Gasteiger partial charge in [0.25, 0.3) is 0 Å². The largest absolute Gasteiger partial charge is 0.379 e. The fourth-order valence-electron chi connectivity index (χ4n) is 2.18. The quantitative estimate of drug-likeness (QED) is 0.910. The average Bonchev–Trinajstić information content (AvgIpc) is 2.58. The molecular formula is C16H19N5O. The summed E-state index contributed by atoms with van der Waals surface area (Å²) in [5.41, 5.74) is 1.81. The van der Waals surface area contributed by atoms with Crippen LogP contribution < -0.4 is 5.32 Å². The van der Waals surface area contributed by atoms with Gasteiger partial charge in [0, 0.05) is 32.0 Å². The van der Waals surface area contributed by atoms with E-state index in [4.69, 9.17) is 4.74 Å². The van der Waals surface area contributed by atoms with Crippen LogP contribution in [0.2, 0.25) is 0 Å². The van der Waals surface area contributed by atoms with Gasteiger partial charge >= 0.3 is 0 Å². The van der Waals surface area contributed by atoms with Crippen LogP contribution in [0, 0.1) is 0 Å². The van der Waals surface area contributed by atoms with Crippen molar-refractivity contribution in [2.24, 2.45) is 0 Å². The fourth-order valence-corrected chi connectivity index (χ4v) is 2.18. The second-order valence-electron chi connectivity index (χ2n) is 4.98. The molecule has 114 valence electrons. The highest BCUT2D eigenvalue weighted by Crippen LogP contribution is 2.11. The Morgan fingerprint density at radius 3 is 2.68 bits per heavy atom. The minimum absolute atomic E-state index is 0.569. The van der Waals surface area contributed by atoms with Crippen molar-refractivity contribution in [3.05, 3.63) is 48.6 Å². The topological polar surface area (TPSA) is 63.2 Å². The summed E-state index contributed by atoms with van der Waals surface area (Å²) in [5.74, 6) is 0.569. The molecule has 0 aliphatic carbocycles. The summed E-state index contributed by atoms with van der Waals surface area (Å²) in [5, 5.41) is 3.11. The molecule has 22 heavy (non-hydrogen) atoms. The minimum atomic E-state index is 0.569. The first-order valence-electron chi connectivity index (χ1n) is 7.37. The standard InChI is InChI=1S/C16H19N5O/c1(8-21-9-11-22-12-10-21)3-14-4-5-15(13-19-14)20-16-17-6-2-7-18-16/h1-7,13H,8-12H2,(H,17,18,20)/b3-1+. The van der Waals surface area contributed by atoms with Crippen molar-refractivity contribution in [1.29, 1.82) is 0 Å². The third-order valence-corrected chi connectivity index (χ3v) is 3.36. The van der Waals surface area contributed by atoms with Gasteiger partial charge in [-0.15, -0.1) is 0 Å². The molecule has 0 radical (unpaired) electrons. The molecule has 6 heteroatoms. The van der Waals surface area contributed by atoms with E-state index in [2.05, 4.69) is 31.2 Å². The number of morpholine rings is 1. The van der Waals surface area contributed by atoms with Gasteiger partial charge in [-0.25, -0.2) is 9.97 Å². The predicted octanol–water partition coefficient (Wildman–Crippen LogP) is 1.96. The van der Waals surface area contributed by atoms with E-state index < -0.39 is 0 Å². The van der Waals surface area contributed by atoms with E-state index in [1.165, 1.54) is 0 Å². The number of ether oxygens (including phenoxy) is 1. The van der Waals surface area contributed by atoms with Gasteiger partial charge in [-0.2, -0.15) is 0 Å². The van der Waals surface area contributed by atoms with Gasteiger partial charge in [0.15, 0.2) is 0 Å². The van der Waals surface area contributed by atoms with E-state index in [0.29, 0.717) is 5.95 Å².